The van der Waals surface area contributed by atoms with E-state index in [1.165, 1.54) is 0 Å². The second-order valence-electron chi connectivity index (χ2n) is 9.75. The Bertz CT molecular complexity index is 1310. The minimum atomic E-state index is -0.935. The first kappa shape index (κ1) is 30.8. The Morgan fingerprint density at radius 3 is 2.17 bits per heavy atom. The van der Waals surface area contributed by atoms with E-state index >= 15 is 0 Å². The highest BCUT2D eigenvalue weighted by molar-refractivity contribution is 5.90. The number of rotatable bonds is 13. The van der Waals surface area contributed by atoms with Crippen molar-refractivity contribution in [1.29, 1.82) is 0 Å². The van der Waals surface area contributed by atoms with Crippen LogP contribution in [-0.2, 0) is 25.5 Å². The van der Waals surface area contributed by atoms with Gasteiger partial charge < -0.3 is 35.2 Å². The molecule has 2 atom stereocenters. The number of fused-ring (bicyclic) bond motifs is 2. The van der Waals surface area contributed by atoms with Gasteiger partial charge in [0.25, 0.3) is 0 Å². The van der Waals surface area contributed by atoms with E-state index in [1.54, 1.807) is 6.92 Å². The zero-order valence-electron chi connectivity index (χ0n) is 23.8. The molecule has 9 nitrogen and oxygen atoms in total. The molecule has 0 fully saturated rings. The summed E-state index contributed by atoms with van der Waals surface area (Å²) >= 11 is 0. The Balaban J connectivity index is 1.39. The number of hydrogen-bond donors (Lipinski definition) is 2. The third-order valence-corrected chi connectivity index (χ3v) is 6.77. The average molecular weight is 575 g/mol. The molecule has 0 saturated carbocycles. The summed E-state index contributed by atoms with van der Waals surface area (Å²) in [6.07, 6.45) is 3.14. The summed E-state index contributed by atoms with van der Waals surface area (Å²) < 4.78 is 28.3. The fourth-order valence-corrected chi connectivity index (χ4v) is 4.59. The van der Waals surface area contributed by atoms with Gasteiger partial charge in [0.1, 0.15) is 29.9 Å². The number of ether oxygens (including phenoxy) is 5. The van der Waals surface area contributed by atoms with Crippen LogP contribution in [0.3, 0.4) is 0 Å². The highest BCUT2D eigenvalue weighted by atomic mass is 16.7. The van der Waals surface area contributed by atoms with Crippen molar-refractivity contribution < 1.29 is 33.3 Å². The SMILES string of the molecule is CCOC(Cc1ccc(OCC=C2c3ccccc3OCOc3ccccc32)cc1)C(=O)OC(=O)[C@@H](N)CCCCN. The lowest BCUT2D eigenvalue weighted by molar-refractivity contribution is -0.169. The average Bonchev–Trinajstić information content (AvgIpc) is 3.00. The molecule has 3 aromatic carbocycles. The lowest BCUT2D eigenvalue weighted by atomic mass is 9.95. The van der Waals surface area contributed by atoms with E-state index in [0.29, 0.717) is 31.7 Å². The molecule has 9 heteroatoms. The second kappa shape index (κ2) is 15.7. The van der Waals surface area contributed by atoms with Crippen LogP contribution in [0.1, 0.15) is 42.9 Å². The first-order chi connectivity index (χ1) is 20.5. The van der Waals surface area contributed by atoms with E-state index < -0.39 is 24.1 Å². The fraction of sp³-hybridized carbons (Fsp3) is 0.333. The quantitative estimate of drug-likeness (QED) is 0.173. The normalized spacial score (nSPS) is 13.6. The molecule has 1 heterocycles. The monoisotopic (exact) mass is 574 g/mol. The summed E-state index contributed by atoms with van der Waals surface area (Å²) in [6.45, 7) is 3.01. The van der Waals surface area contributed by atoms with Crippen molar-refractivity contribution in [3.05, 3.63) is 95.6 Å². The molecule has 0 bridgehead atoms. The first-order valence-electron chi connectivity index (χ1n) is 14.2. The van der Waals surface area contributed by atoms with Crippen LogP contribution in [0.4, 0.5) is 0 Å². The standard InChI is InChI=1S/C33H38N2O7/c1-2-38-31(33(37)42-32(36)28(35)11-7-8-19-34)21-23-14-16-24(17-15-23)39-20-18-25-26-9-3-5-12-29(26)40-22-41-30-13-6-4-10-27(25)30/h3-6,9-10,12-18,28,31H,2,7-8,11,19-22,34-35H2,1H3/t28-,31?/m0/s1. The number of hydrogen-bond acceptors (Lipinski definition) is 9. The summed E-state index contributed by atoms with van der Waals surface area (Å²) in [5.41, 5.74) is 15.0. The number of benzene rings is 3. The number of esters is 2. The summed E-state index contributed by atoms with van der Waals surface area (Å²) in [5, 5.41) is 0. The smallest absolute Gasteiger partial charge is 0.343 e. The van der Waals surface area contributed by atoms with Gasteiger partial charge in [-0.25, -0.2) is 9.59 Å². The zero-order valence-corrected chi connectivity index (χ0v) is 23.8. The van der Waals surface area contributed by atoms with Crippen molar-refractivity contribution in [2.75, 3.05) is 26.6 Å². The summed E-state index contributed by atoms with van der Waals surface area (Å²) in [6, 6.07) is 22.1. The molecule has 0 spiro atoms. The topological polar surface area (TPSA) is 132 Å². The van der Waals surface area contributed by atoms with Gasteiger partial charge in [-0.3, -0.25) is 0 Å². The Labute approximate surface area is 246 Å². The highest BCUT2D eigenvalue weighted by Gasteiger charge is 2.26. The Hall–Kier alpha value is -4.18. The second-order valence-corrected chi connectivity index (χ2v) is 9.75. The van der Waals surface area contributed by atoms with Crippen molar-refractivity contribution in [2.24, 2.45) is 11.5 Å². The maximum Gasteiger partial charge on any atom is 0.343 e. The van der Waals surface area contributed by atoms with Gasteiger partial charge in [0, 0.05) is 24.2 Å². The molecule has 0 aromatic heterocycles. The minimum absolute atomic E-state index is 0.130. The van der Waals surface area contributed by atoms with Crippen molar-refractivity contribution in [3.63, 3.8) is 0 Å². The molecule has 4 N–H and O–H groups in total. The molecule has 0 amide bonds. The maximum absolute atomic E-state index is 12.7. The molecule has 222 valence electrons. The first-order valence-corrected chi connectivity index (χ1v) is 14.2. The lowest BCUT2D eigenvalue weighted by Gasteiger charge is -2.21. The summed E-state index contributed by atoms with van der Waals surface area (Å²) in [4.78, 5) is 24.9. The molecular formula is C33H38N2O7. The Morgan fingerprint density at radius 2 is 1.55 bits per heavy atom. The maximum atomic E-state index is 12.7. The van der Waals surface area contributed by atoms with Crippen molar-refractivity contribution >= 4 is 17.5 Å². The summed E-state index contributed by atoms with van der Waals surface area (Å²) in [7, 11) is 0. The number of carbonyl (C=O) groups excluding carboxylic acids is 2. The van der Waals surface area contributed by atoms with Crippen LogP contribution in [0, 0.1) is 0 Å². The molecule has 3 aromatic rings. The van der Waals surface area contributed by atoms with Gasteiger partial charge in [0.2, 0.25) is 6.79 Å². The minimum Gasteiger partial charge on any atom is -0.490 e. The van der Waals surface area contributed by atoms with Crippen LogP contribution >= 0.6 is 0 Å². The molecule has 0 radical (unpaired) electrons. The number of para-hydroxylation sites is 2. The Morgan fingerprint density at radius 1 is 0.905 bits per heavy atom. The summed E-state index contributed by atoms with van der Waals surface area (Å²) in [5.74, 6) is 0.619. The van der Waals surface area contributed by atoms with E-state index in [1.807, 2.05) is 78.9 Å². The van der Waals surface area contributed by atoms with E-state index in [-0.39, 0.29) is 19.8 Å². The van der Waals surface area contributed by atoms with Crippen LogP contribution in [-0.4, -0.2) is 50.6 Å². The zero-order chi connectivity index (χ0) is 29.7. The molecule has 1 aliphatic rings. The molecule has 4 rings (SSSR count). The van der Waals surface area contributed by atoms with Gasteiger partial charge in [-0.15, -0.1) is 0 Å². The third-order valence-electron chi connectivity index (χ3n) is 6.77. The Kier molecular flexibility index (Phi) is 11.5. The fourth-order valence-electron chi connectivity index (χ4n) is 4.59. The van der Waals surface area contributed by atoms with E-state index in [0.717, 1.165) is 40.2 Å². The van der Waals surface area contributed by atoms with Crippen LogP contribution in [0.25, 0.3) is 5.57 Å². The van der Waals surface area contributed by atoms with E-state index in [4.69, 9.17) is 35.2 Å². The van der Waals surface area contributed by atoms with Gasteiger partial charge in [0.15, 0.2) is 6.10 Å². The number of carbonyl (C=O) groups is 2. The van der Waals surface area contributed by atoms with Gasteiger partial charge in [-0.2, -0.15) is 0 Å². The van der Waals surface area contributed by atoms with E-state index in [9.17, 15) is 9.59 Å². The largest absolute Gasteiger partial charge is 0.490 e. The lowest BCUT2D eigenvalue weighted by Crippen LogP contribution is -2.38. The third kappa shape index (κ3) is 8.42. The molecule has 1 aliphatic heterocycles. The number of nitrogens with two attached hydrogens (primary N) is 2. The molecule has 42 heavy (non-hydrogen) atoms. The van der Waals surface area contributed by atoms with Crippen LogP contribution in [0.2, 0.25) is 0 Å². The van der Waals surface area contributed by atoms with Crippen LogP contribution in [0.5, 0.6) is 17.2 Å². The van der Waals surface area contributed by atoms with Crippen molar-refractivity contribution in [3.8, 4) is 17.2 Å². The van der Waals surface area contributed by atoms with Crippen molar-refractivity contribution in [1.82, 2.24) is 0 Å². The van der Waals surface area contributed by atoms with Crippen LogP contribution in [0.15, 0.2) is 78.9 Å². The van der Waals surface area contributed by atoms with Gasteiger partial charge in [-0.05, 0) is 67.8 Å². The van der Waals surface area contributed by atoms with Gasteiger partial charge >= 0.3 is 11.9 Å². The van der Waals surface area contributed by atoms with Crippen molar-refractivity contribution in [2.45, 2.75) is 44.8 Å². The van der Waals surface area contributed by atoms with Crippen LogP contribution < -0.4 is 25.7 Å². The predicted octanol–water partition coefficient (Wildman–Crippen LogP) is 4.40. The molecule has 0 saturated heterocycles. The number of unbranched alkanes of at least 4 members (excludes halogenated alkanes) is 1. The van der Waals surface area contributed by atoms with E-state index in [2.05, 4.69) is 0 Å². The highest BCUT2D eigenvalue weighted by Crippen LogP contribution is 2.37. The van der Waals surface area contributed by atoms with Gasteiger partial charge in [0.05, 0.1) is 0 Å². The molecule has 0 aliphatic carbocycles. The molecular weight excluding hydrogens is 536 g/mol. The molecule has 1 unspecified atom stereocenters. The predicted molar refractivity (Wildman–Crippen MR) is 159 cm³/mol. The van der Waals surface area contributed by atoms with Gasteiger partial charge in [-0.1, -0.05) is 55.0 Å².